The van der Waals surface area contributed by atoms with Crippen molar-refractivity contribution in [1.29, 1.82) is 0 Å². The van der Waals surface area contributed by atoms with E-state index in [2.05, 4.69) is 206 Å². The smallest absolute Gasteiger partial charge is 0.355 e. The van der Waals surface area contributed by atoms with E-state index in [-0.39, 0.29) is 10.8 Å². The number of allylic oxidation sites excluding steroid dienone is 2. The van der Waals surface area contributed by atoms with Crippen LogP contribution < -0.4 is 0 Å². The summed E-state index contributed by atoms with van der Waals surface area (Å²) in [5, 5.41) is 0. The summed E-state index contributed by atoms with van der Waals surface area (Å²) in [7, 11) is -1.35. The zero-order valence-corrected chi connectivity index (χ0v) is 36.5. The molecule has 0 N–H and O–H groups in total. The summed E-state index contributed by atoms with van der Waals surface area (Å²) in [4.78, 5) is 5.68. The van der Waals surface area contributed by atoms with E-state index >= 15 is 4.32 Å². The van der Waals surface area contributed by atoms with Gasteiger partial charge in [0.05, 0.1) is 11.4 Å². The maximum absolute atomic E-state index is 16.9. The third-order valence-electron chi connectivity index (χ3n) is 10.9. The third kappa shape index (κ3) is 7.55. The first-order valence-corrected chi connectivity index (χ1v) is 20.7. The van der Waals surface area contributed by atoms with E-state index in [9.17, 15) is 0 Å². The van der Waals surface area contributed by atoms with E-state index < -0.39 is 7.12 Å². The van der Waals surface area contributed by atoms with E-state index in [1.54, 1.807) is 6.82 Å². The zero-order chi connectivity index (χ0) is 40.1. The van der Waals surface area contributed by atoms with Crippen LogP contribution in [0.1, 0.15) is 91.7 Å². The van der Waals surface area contributed by atoms with Crippen LogP contribution in [0.25, 0.3) is 33.5 Å². The first-order chi connectivity index (χ1) is 26.5. The van der Waals surface area contributed by atoms with Crippen molar-refractivity contribution in [2.24, 2.45) is 4.99 Å². The van der Waals surface area contributed by atoms with Gasteiger partial charge in [0.2, 0.25) is 0 Å². The van der Waals surface area contributed by atoms with E-state index in [0.717, 1.165) is 82.0 Å². The molecule has 0 amide bonds. The van der Waals surface area contributed by atoms with Crippen molar-refractivity contribution in [1.82, 2.24) is 4.48 Å². The Morgan fingerprint density at radius 3 is 1.59 bits per heavy atom. The van der Waals surface area contributed by atoms with E-state index in [1.807, 2.05) is 10.5 Å². The minimum atomic E-state index is -1.35. The van der Waals surface area contributed by atoms with Crippen LogP contribution in [0.2, 0.25) is 6.82 Å². The molecule has 0 fully saturated rings. The summed E-state index contributed by atoms with van der Waals surface area (Å²) in [6, 6.07) is 45.2. The lowest BCUT2D eigenvalue weighted by atomic mass is 9.83. The molecule has 6 aromatic rings. The predicted octanol–water partition coefficient (Wildman–Crippen LogP) is 14.4. The number of aliphatic imine (C=N–C) groups is 1. The molecule has 0 bridgehead atoms. The van der Waals surface area contributed by atoms with Crippen molar-refractivity contribution < 1.29 is 4.32 Å². The highest BCUT2D eigenvalue weighted by atomic mass is 127. The number of aryl methyl sites for hydroxylation is 3. The zero-order valence-electron chi connectivity index (χ0n) is 34.4. The van der Waals surface area contributed by atoms with Gasteiger partial charge in [0.25, 0.3) is 0 Å². The lowest BCUT2D eigenvalue weighted by Gasteiger charge is -2.23. The van der Waals surface area contributed by atoms with Gasteiger partial charge in [-0.1, -0.05) is 168 Å². The topological polar surface area (TPSA) is 17.3 Å². The second kappa shape index (κ2) is 15.3. The fourth-order valence-electron chi connectivity index (χ4n) is 8.08. The van der Waals surface area contributed by atoms with E-state index in [1.165, 1.54) is 16.7 Å². The molecule has 2 heterocycles. The first kappa shape index (κ1) is 39.5. The highest BCUT2D eigenvalue weighted by Gasteiger charge is 2.34. The number of hydrogen-bond donors (Lipinski definition) is 0. The van der Waals surface area contributed by atoms with Crippen LogP contribution in [0.5, 0.6) is 0 Å². The fourth-order valence-corrected chi connectivity index (χ4v) is 9.08. The van der Waals surface area contributed by atoms with Gasteiger partial charge in [-0.25, -0.2) is 4.99 Å². The quantitative estimate of drug-likeness (QED) is 0.112. The molecule has 56 heavy (non-hydrogen) atoms. The van der Waals surface area contributed by atoms with Crippen molar-refractivity contribution in [2.45, 2.75) is 80.0 Å². The molecule has 1 aliphatic heterocycles. The van der Waals surface area contributed by atoms with Crippen molar-refractivity contribution in [3.63, 3.8) is 0 Å². The lowest BCUT2D eigenvalue weighted by molar-refractivity contribution is 0.590. The van der Waals surface area contributed by atoms with Crippen LogP contribution in [-0.4, -0.2) is 17.3 Å². The SMILES string of the molecule is CB(F)n1c(-c2ccc(C(C)(C)C)cc2)cc(-c2ccccc2)c1/C(=C1\N=C(c2ccc(C(C)(C)C)cc2)C(I)=C1c1ccccc1)c1c(C)cc(C)cc1C. The Morgan fingerprint density at radius 1 is 0.625 bits per heavy atom. The fraction of sp³-hybridized carbons (Fsp3) is 0.235. The normalized spacial score (nSPS) is 14.3. The van der Waals surface area contributed by atoms with Crippen LogP contribution in [0.15, 0.2) is 142 Å². The van der Waals surface area contributed by atoms with E-state index in [0.29, 0.717) is 0 Å². The molecule has 0 aliphatic carbocycles. The molecule has 0 saturated heterocycles. The van der Waals surface area contributed by atoms with Gasteiger partial charge in [-0.2, -0.15) is 0 Å². The molecule has 0 unspecified atom stereocenters. The highest BCUT2D eigenvalue weighted by molar-refractivity contribution is 14.1. The molecule has 1 aromatic heterocycles. The minimum Gasteiger partial charge on any atom is -0.355 e. The summed E-state index contributed by atoms with van der Waals surface area (Å²) in [6.45, 7) is 21.5. The van der Waals surface area contributed by atoms with Crippen LogP contribution in [0.4, 0.5) is 4.32 Å². The van der Waals surface area contributed by atoms with Crippen LogP contribution in [0, 0.1) is 20.8 Å². The average molecular weight is 849 g/mol. The van der Waals surface area contributed by atoms with Gasteiger partial charge in [-0.05, 0) is 112 Å². The molecule has 0 atom stereocenters. The number of nitrogens with zero attached hydrogens (tertiary/aromatic N) is 2. The Labute approximate surface area is 347 Å². The highest BCUT2D eigenvalue weighted by Crippen LogP contribution is 2.49. The third-order valence-corrected chi connectivity index (χ3v) is 11.9. The second-order valence-electron chi connectivity index (χ2n) is 17.3. The van der Waals surface area contributed by atoms with Crippen LogP contribution in [-0.2, 0) is 10.8 Å². The Kier molecular flexibility index (Phi) is 10.8. The van der Waals surface area contributed by atoms with Crippen molar-refractivity contribution in [2.75, 3.05) is 0 Å². The average Bonchev–Trinajstić information content (AvgIpc) is 3.72. The van der Waals surface area contributed by atoms with Gasteiger partial charge in [-0.15, -0.1) is 0 Å². The largest absolute Gasteiger partial charge is 0.462 e. The molecule has 0 spiro atoms. The summed E-state index contributed by atoms with van der Waals surface area (Å²) < 4.78 is 19.9. The molecular weight excluding hydrogens is 797 g/mol. The Balaban J connectivity index is 1.65. The van der Waals surface area contributed by atoms with Crippen LogP contribution in [0.3, 0.4) is 0 Å². The maximum atomic E-state index is 16.9. The molecule has 2 nitrogen and oxygen atoms in total. The number of hydrogen-bond acceptors (Lipinski definition) is 1. The van der Waals surface area contributed by atoms with Gasteiger partial charge in [0.15, 0.2) is 0 Å². The molecule has 1 aliphatic rings. The molecule has 7 rings (SSSR count). The van der Waals surface area contributed by atoms with Crippen LogP contribution >= 0.6 is 22.6 Å². The summed E-state index contributed by atoms with van der Waals surface area (Å²) in [5.41, 5.74) is 17.5. The predicted molar refractivity (Wildman–Crippen MR) is 248 cm³/mol. The van der Waals surface area contributed by atoms with Gasteiger partial charge in [0, 0.05) is 37.2 Å². The van der Waals surface area contributed by atoms with Gasteiger partial charge in [0.1, 0.15) is 0 Å². The maximum Gasteiger partial charge on any atom is 0.462 e. The Morgan fingerprint density at radius 2 is 1.11 bits per heavy atom. The Hall–Kier alpha value is -4.75. The molecule has 282 valence electrons. The molecule has 0 saturated carbocycles. The number of benzene rings is 5. The molecule has 5 heteroatoms. The number of aromatic nitrogens is 1. The van der Waals surface area contributed by atoms with Crippen molar-refractivity contribution in [3.05, 3.63) is 187 Å². The lowest BCUT2D eigenvalue weighted by Crippen LogP contribution is -2.20. The Bertz CT molecular complexity index is 2480. The minimum absolute atomic E-state index is 0.00504. The summed E-state index contributed by atoms with van der Waals surface area (Å²) in [6.07, 6.45) is 0. The van der Waals surface area contributed by atoms with Crippen molar-refractivity contribution >= 4 is 46.6 Å². The monoisotopic (exact) mass is 848 g/mol. The van der Waals surface area contributed by atoms with Crippen molar-refractivity contribution in [3.8, 4) is 22.4 Å². The van der Waals surface area contributed by atoms with E-state index in [4.69, 9.17) is 4.99 Å². The number of rotatable bonds is 7. The van der Waals surface area contributed by atoms with Gasteiger partial charge >= 0.3 is 7.12 Å². The molecular formula is C51H51BFIN2. The second-order valence-corrected chi connectivity index (χ2v) is 18.3. The molecule has 0 radical (unpaired) electrons. The van der Waals surface area contributed by atoms with Gasteiger partial charge in [-0.3, -0.25) is 0 Å². The first-order valence-electron chi connectivity index (χ1n) is 19.6. The summed E-state index contributed by atoms with van der Waals surface area (Å²) in [5.74, 6) is 0. The summed E-state index contributed by atoms with van der Waals surface area (Å²) >= 11 is 2.50. The molecule has 5 aromatic carbocycles. The van der Waals surface area contributed by atoms with Gasteiger partial charge < -0.3 is 8.79 Å². The number of halogens is 2. The standard InChI is InChI=1S/C51H51BFIN2/c1-32-29-33(2)43(34(3)30-32)45(48-44(37-19-15-12-16-20-37)46(54)47(55-48)38-23-27-40(28-24-38)51(7,8)9)49-41(35-17-13-11-14-18-35)31-42(56(49)52(10)53)36-21-25-39(26-22-36)50(4,5)6/h11-31H,1-10H3/b48-45-.